The van der Waals surface area contributed by atoms with Crippen LogP contribution in [0.5, 0.6) is 0 Å². The number of rotatable bonds is 19. The Labute approximate surface area is 211 Å². The average Bonchev–Trinajstić information content (AvgIpc) is 2.58. The number of hydrogen-bond donors (Lipinski definition) is 1. The van der Waals surface area contributed by atoms with E-state index in [1.54, 1.807) is 0 Å². The first kappa shape index (κ1) is 30.7. The average molecular weight is 431 g/mol. The number of aliphatic hydroxyl groups is 1. The molecule has 0 amide bonds. The summed E-state index contributed by atoms with van der Waals surface area (Å²) in [5.41, 5.74) is 0. The zero-order chi connectivity index (χ0) is 19.7. The van der Waals surface area contributed by atoms with E-state index in [0.29, 0.717) is 25.7 Å². The predicted molar refractivity (Wildman–Crippen MR) is 109 cm³/mol. The van der Waals surface area contributed by atoms with Crippen LogP contribution >= 0.6 is 0 Å². The smallest absolute Gasteiger partial charge is 0.748 e. The van der Waals surface area contributed by atoms with Crippen LogP contribution in [-0.2, 0) is 10.1 Å². The molecule has 0 aliphatic heterocycles. The van der Waals surface area contributed by atoms with Gasteiger partial charge in [0.15, 0.2) is 0 Å². The monoisotopic (exact) mass is 430 g/mol. The van der Waals surface area contributed by atoms with Gasteiger partial charge in [0.2, 0.25) is 0 Å². The van der Waals surface area contributed by atoms with E-state index < -0.39 is 15.4 Å². The Morgan fingerprint density at radius 1 is 0.667 bits per heavy atom. The Kier molecular flexibility index (Phi) is 23.6. The SMILES string of the molecule is CCCCCCCCCC(CCCC(O)CCCCCCC)S(=O)(=O)[O-].[K+]. The summed E-state index contributed by atoms with van der Waals surface area (Å²) >= 11 is 0. The van der Waals surface area contributed by atoms with Crippen molar-refractivity contribution in [1.82, 2.24) is 0 Å². The van der Waals surface area contributed by atoms with E-state index in [1.165, 1.54) is 44.9 Å². The zero-order valence-electron chi connectivity index (χ0n) is 18.3. The normalized spacial score (nSPS) is 13.9. The Balaban J connectivity index is 0. The molecule has 0 aliphatic carbocycles. The minimum Gasteiger partial charge on any atom is -0.748 e. The van der Waals surface area contributed by atoms with Crippen molar-refractivity contribution >= 4 is 10.1 Å². The van der Waals surface area contributed by atoms with Gasteiger partial charge in [-0.05, 0) is 32.1 Å². The Morgan fingerprint density at radius 2 is 1.04 bits per heavy atom. The largest absolute Gasteiger partial charge is 1.00 e. The van der Waals surface area contributed by atoms with Gasteiger partial charge in [0, 0.05) is 5.25 Å². The summed E-state index contributed by atoms with van der Waals surface area (Å²) in [6, 6.07) is 0. The van der Waals surface area contributed by atoms with Gasteiger partial charge in [0.05, 0.1) is 16.2 Å². The first-order valence-corrected chi connectivity index (χ1v) is 12.5. The molecule has 0 heterocycles. The molecule has 1 N–H and O–H groups in total. The van der Waals surface area contributed by atoms with Crippen molar-refractivity contribution in [1.29, 1.82) is 0 Å². The predicted octanol–water partition coefficient (Wildman–Crippen LogP) is 2.94. The molecule has 0 fully saturated rings. The molecule has 0 saturated heterocycles. The van der Waals surface area contributed by atoms with Gasteiger partial charge in [0.25, 0.3) is 0 Å². The Hall–Kier alpha value is 1.51. The third-order valence-electron chi connectivity index (χ3n) is 5.24. The first-order chi connectivity index (χ1) is 12.4. The van der Waals surface area contributed by atoms with Gasteiger partial charge in [-0.15, -0.1) is 0 Å². The molecule has 0 spiro atoms. The minimum absolute atomic E-state index is 0. The van der Waals surface area contributed by atoms with Crippen molar-refractivity contribution in [2.75, 3.05) is 0 Å². The second kappa shape index (κ2) is 20.8. The second-order valence-corrected chi connectivity index (χ2v) is 9.46. The molecule has 0 aromatic rings. The zero-order valence-corrected chi connectivity index (χ0v) is 22.2. The fourth-order valence-electron chi connectivity index (χ4n) is 3.47. The van der Waals surface area contributed by atoms with E-state index in [9.17, 15) is 18.1 Å². The van der Waals surface area contributed by atoms with Gasteiger partial charge in [-0.2, -0.15) is 0 Å². The van der Waals surface area contributed by atoms with Gasteiger partial charge < -0.3 is 9.66 Å². The summed E-state index contributed by atoms with van der Waals surface area (Å²) in [6.07, 6.45) is 16.3. The molecule has 0 rings (SSSR count). The molecule has 0 radical (unpaired) electrons. The van der Waals surface area contributed by atoms with E-state index in [-0.39, 0.29) is 57.5 Å². The molecule has 158 valence electrons. The molecule has 2 atom stereocenters. The van der Waals surface area contributed by atoms with Gasteiger partial charge in [-0.3, -0.25) is 0 Å². The van der Waals surface area contributed by atoms with Crippen LogP contribution in [0.4, 0.5) is 0 Å². The van der Waals surface area contributed by atoms with Crippen molar-refractivity contribution < 1.29 is 69.5 Å². The molecule has 6 heteroatoms. The van der Waals surface area contributed by atoms with E-state index >= 15 is 0 Å². The summed E-state index contributed by atoms with van der Waals surface area (Å²) in [4.78, 5) is 0. The van der Waals surface area contributed by atoms with Crippen molar-refractivity contribution in [3.05, 3.63) is 0 Å². The van der Waals surface area contributed by atoms with E-state index in [0.717, 1.165) is 38.5 Å². The van der Waals surface area contributed by atoms with Crippen LogP contribution in [0.2, 0.25) is 0 Å². The quantitative estimate of drug-likeness (QED) is 0.194. The third-order valence-corrected chi connectivity index (χ3v) is 6.53. The summed E-state index contributed by atoms with van der Waals surface area (Å²) in [7, 11) is -4.22. The Morgan fingerprint density at radius 3 is 1.52 bits per heavy atom. The van der Waals surface area contributed by atoms with Crippen molar-refractivity contribution in [3.63, 3.8) is 0 Å². The maximum Gasteiger partial charge on any atom is 1.00 e. The van der Waals surface area contributed by atoms with Crippen LogP contribution < -0.4 is 51.4 Å². The van der Waals surface area contributed by atoms with Crippen LogP contribution in [-0.4, -0.2) is 29.4 Å². The first-order valence-electron chi connectivity index (χ1n) is 11.0. The van der Waals surface area contributed by atoms with Gasteiger partial charge in [-0.1, -0.05) is 90.9 Å². The van der Waals surface area contributed by atoms with Gasteiger partial charge in [-0.25, -0.2) is 8.42 Å². The third kappa shape index (κ3) is 20.6. The minimum atomic E-state index is -4.22. The molecule has 2 unspecified atom stereocenters. The maximum absolute atomic E-state index is 11.5. The number of aliphatic hydroxyl groups excluding tert-OH is 1. The number of hydrogen-bond acceptors (Lipinski definition) is 4. The molecular formula is C21H43KO4S. The Bertz CT molecular complexity index is 401. The van der Waals surface area contributed by atoms with Gasteiger partial charge >= 0.3 is 51.4 Å². The topological polar surface area (TPSA) is 77.4 Å². The fourth-order valence-corrected chi connectivity index (χ4v) is 4.38. The number of unbranched alkanes of at least 4 members (excludes halogenated alkanes) is 10. The van der Waals surface area contributed by atoms with Crippen molar-refractivity contribution in [2.45, 2.75) is 134 Å². The molecule has 27 heavy (non-hydrogen) atoms. The molecule has 0 aliphatic rings. The fraction of sp³-hybridized carbons (Fsp3) is 1.00. The van der Waals surface area contributed by atoms with Crippen LogP contribution in [0.15, 0.2) is 0 Å². The van der Waals surface area contributed by atoms with E-state index in [2.05, 4.69) is 13.8 Å². The summed E-state index contributed by atoms with van der Waals surface area (Å²) < 4.78 is 34.4. The van der Waals surface area contributed by atoms with Crippen molar-refractivity contribution in [2.24, 2.45) is 0 Å². The summed E-state index contributed by atoms with van der Waals surface area (Å²) in [5.74, 6) is 0. The molecule has 0 aromatic carbocycles. The van der Waals surface area contributed by atoms with E-state index in [4.69, 9.17) is 0 Å². The van der Waals surface area contributed by atoms with Crippen LogP contribution in [0.1, 0.15) is 123 Å². The maximum atomic E-state index is 11.5. The van der Waals surface area contributed by atoms with E-state index in [1.807, 2.05) is 0 Å². The van der Waals surface area contributed by atoms with Crippen LogP contribution in [0.3, 0.4) is 0 Å². The van der Waals surface area contributed by atoms with Gasteiger partial charge in [0.1, 0.15) is 0 Å². The standard InChI is InChI=1S/C21H44O4S.K/c1-3-5-7-9-10-12-14-18-21(26(23,24)25)19-15-17-20(22)16-13-11-8-6-4-2;/h20-22H,3-19H2,1-2H3,(H,23,24,25);/q;+1/p-1. The molecule has 0 saturated carbocycles. The second-order valence-electron chi connectivity index (χ2n) is 7.81. The summed E-state index contributed by atoms with van der Waals surface area (Å²) in [6.45, 7) is 4.37. The van der Waals surface area contributed by atoms with Crippen molar-refractivity contribution in [3.8, 4) is 0 Å². The molecule has 0 bridgehead atoms. The molecular weight excluding hydrogens is 387 g/mol. The van der Waals surface area contributed by atoms with Crippen LogP contribution in [0, 0.1) is 0 Å². The summed E-state index contributed by atoms with van der Waals surface area (Å²) in [5, 5.41) is 9.24. The molecule has 4 nitrogen and oxygen atoms in total. The van der Waals surface area contributed by atoms with Crippen LogP contribution in [0.25, 0.3) is 0 Å². The molecule has 0 aromatic heterocycles.